The summed E-state index contributed by atoms with van der Waals surface area (Å²) in [5.41, 5.74) is 17.8. The molecule has 4 heteroatoms. The van der Waals surface area contributed by atoms with Crippen molar-refractivity contribution in [3.05, 3.63) is 260 Å². The molecule has 10 aromatic carbocycles. The summed E-state index contributed by atoms with van der Waals surface area (Å²) < 4.78 is 2.36. The number of hydrogen-bond acceptors (Lipinski definition) is 3. The molecule has 2 aromatic heterocycles. The fourth-order valence-corrected chi connectivity index (χ4v) is 10.1. The Morgan fingerprint density at radius 2 is 0.580 bits per heavy atom. The molecule has 4 nitrogen and oxygen atoms in total. The van der Waals surface area contributed by atoms with E-state index in [9.17, 15) is 5.26 Å². The Kier molecular flexibility index (Phi) is 10.6. The van der Waals surface area contributed by atoms with Gasteiger partial charge in [0.05, 0.1) is 22.4 Å². The molecule has 322 valence electrons. The number of nitrogens with zero attached hydrogens (tertiary/aromatic N) is 4. The van der Waals surface area contributed by atoms with Crippen LogP contribution in [0.3, 0.4) is 0 Å². The minimum atomic E-state index is 0.418. The van der Waals surface area contributed by atoms with Gasteiger partial charge in [-0.15, -0.1) is 0 Å². The van der Waals surface area contributed by atoms with Crippen LogP contribution in [0.5, 0.6) is 0 Å². The molecule has 0 unspecified atom stereocenters. The van der Waals surface area contributed by atoms with Crippen LogP contribution in [-0.4, -0.2) is 14.5 Å². The average molecular weight is 879 g/mol. The van der Waals surface area contributed by atoms with Gasteiger partial charge in [-0.05, 0) is 68.8 Å². The summed E-state index contributed by atoms with van der Waals surface area (Å²) in [6.45, 7) is 0. The average Bonchev–Trinajstić information content (AvgIpc) is 3.77. The van der Waals surface area contributed by atoms with Crippen molar-refractivity contribution in [1.82, 2.24) is 14.5 Å². The van der Waals surface area contributed by atoms with Gasteiger partial charge in [0.1, 0.15) is 11.6 Å². The van der Waals surface area contributed by atoms with E-state index >= 15 is 0 Å². The van der Waals surface area contributed by atoms with Crippen molar-refractivity contribution in [2.75, 3.05) is 0 Å². The van der Waals surface area contributed by atoms with E-state index < -0.39 is 0 Å². The zero-order valence-corrected chi connectivity index (χ0v) is 37.5. The normalized spacial score (nSPS) is 11.2. The lowest BCUT2D eigenvalue weighted by atomic mass is 9.75. The monoisotopic (exact) mass is 878 g/mol. The first-order valence-electron chi connectivity index (χ1n) is 23.2. The molecule has 0 aliphatic heterocycles. The van der Waals surface area contributed by atoms with Gasteiger partial charge in [-0.3, -0.25) is 0 Å². The lowest BCUT2D eigenvalue weighted by molar-refractivity contribution is 1.17. The van der Waals surface area contributed by atoms with Gasteiger partial charge in [0.15, 0.2) is 5.82 Å². The van der Waals surface area contributed by atoms with Crippen LogP contribution in [0.1, 0.15) is 5.56 Å². The molecule has 0 amide bonds. The van der Waals surface area contributed by atoms with E-state index in [0.717, 1.165) is 89.0 Å². The summed E-state index contributed by atoms with van der Waals surface area (Å²) >= 11 is 0. The van der Waals surface area contributed by atoms with Gasteiger partial charge in [0.25, 0.3) is 0 Å². The number of rotatable bonds is 9. The van der Waals surface area contributed by atoms with E-state index in [4.69, 9.17) is 9.97 Å². The number of hydrogen-bond donors (Lipinski definition) is 0. The van der Waals surface area contributed by atoms with E-state index in [2.05, 4.69) is 205 Å². The highest BCUT2D eigenvalue weighted by Gasteiger charge is 2.32. The molecule has 0 fully saturated rings. The minimum Gasteiger partial charge on any atom is -0.309 e. The molecule has 0 spiro atoms. The number of fused-ring (bicyclic) bond motifs is 3. The largest absolute Gasteiger partial charge is 0.309 e. The van der Waals surface area contributed by atoms with Gasteiger partial charge >= 0.3 is 0 Å². The Bertz CT molecular complexity index is 3730. The van der Waals surface area contributed by atoms with Crippen molar-refractivity contribution < 1.29 is 0 Å². The highest BCUT2D eigenvalue weighted by molar-refractivity contribution is 6.15. The number of benzene rings is 10. The summed E-state index contributed by atoms with van der Waals surface area (Å²) in [7, 11) is 0. The van der Waals surface area contributed by atoms with Crippen LogP contribution < -0.4 is 0 Å². The van der Waals surface area contributed by atoms with E-state index in [1.54, 1.807) is 0 Å². The third kappa shape index (κ3) is 7.27. The van der Waals surface area contributed by atoms with Gasteiger partial charge in [-0.2, -0.15) is 5.26 Å². The maximum atomic E-state index is 11.1. The molecule has 0 aliphatic rings. The van der Waals surface area contributed by atoms with E-state index in [1.165, 1.54) is 10.8 Å². The molecule has 12 rings (SSSR count). The van der Waals surface area contributed by atoms with Gasteiger partial charge < -0.3 is 4.57 Å². The smallest absolute Gasteiger partial charge is 0.161 e. The maximum absolute atomic E-state index is 11.1. The topological polar surface area (TPSA) is 54.5 Å². The summed E-state index contributed by atoms with van der Waals surface area (Å²) in [5, 5.41) is 13.5. The van der Waals surface area contributed by atoms with Crippen LogP contribution in [0.4, 0.5) is 0 Å². The molecule has 0 saturated heterocycles. The van der Waals surface area contributed by atoms with Crippen LogP contribution in [0, 0.1) is 11.3 Å². The standard InChI is InChI=1S/C65H42N4/c66-43-54-63(49-31-15-5-16-32-49)67-65(68-64(54)50-33-17-6-18-34-50)62-60(47-29-13-4-14-30-47)58(45-25-9-2-10-26-45)57(44-23-7-1-8-24-44)59(46-27-11-3-12-28-46)61(62)48-39-41-51(42-40-48)69-55-37-21-19-35-52(55)53-36-20-22-38-56(53)69/h1-42H. The Hall–Kier alpha value is -9.43. The van der Waals surface area contributed by atoms with Crippen molar-refractivity contribution in [3.8, 4) is 101 Å². The van der Waals surface area contributed by atoms with Gasteiger partial charge in [0.2, 0.25) is 0 Å². The fourth-order valence-electron chi connectivity index (χ4n) is 10.1. The molecule has 12 aromatic rings. The lowest BCUT2D eigenvalue weighted by Gasteiger charge is -2.28. The molecular formula is C65H42N4. The van der Waals surface area contributed by atoms with Crippen LogP contribution in [0.15, 0.2) is 255 Å². The number of aromatic nitrogens is 3. The molecule has 0 radical (unpaired) electrons. The first kappa shape index (κ1) is 41.0. The summed E-state index contributed by atoms with van der Waals surface area (Å²) in [6, 6.07) is 91.7. The second-order valence-corrected chi connectivity index (χ2v) is 17.1. The third-order valence-electron chi connectivity index (χ3n) is 13.1. The van der Waals surface area contributed by atoms with Crippen LogP contribution >= 0.6 is 0 Å². The van der Waals surface area contributed by atoms with Crippen molar-refractivity contribution in [2.24, 2.45) is 0 Å². The van der Waals surface area contributed by atoms with Crippen molar-refractivity contribution in [2.45, 2.75) is 0 Å². The summed E-state index contributed by atoms with van der Waals surface area (Å²) in [6.07, 6.45) is 0. The van der Waals surface area contributed by atoms with Gasteiger partial charge in [-0.1, -0.05) is 231 Å². The Morgan fingerprint density at radius 1 is 0.290 bits per heavy atom. The quantitative estimate of drug-likeness (QED) is 0.145. The molecule has 0 atom stereocenters. The number of nitriles is 1. The van der Waals surface area contributed by atoms with Crippen molar-refractivity contribution in [1.29, 1.82) is 5.26 Å². The van der Waals surface area contributed by atoms with E-state index in [-0.39, 0.29) is 0 Å². The SMILES string of the molecule is N#Cc1c(-c2ccccc2)nc(-c2c(-c3ccccc3)c(-c3ccccc3)c(-c3ccccc3)c(-c3ccccc3)c2-c2ccc(-n3c4ccccc4c4ccccc43)cc2)nc1-c1ccccc1. The van der Waals surface area contributed by atoms with Crippen LogP contribution in [0.25, 0.3) is 117 Å². The van der Waals surface area contributed by atoms with Gasteiger partial charge in [0, 0.05) is 44.3 Å². The first-order valence-corrected chi connectivity index (χ1v) is 23.2. The lowest BCUT2D eigenvalue weighted by Crippen LogP contribution is -2.06. The first-order chi connectivity index (χ1) is 34.2. The molecule has 0 aliphatic carbocycles. The van der Waals surface area contributed by atoms with E-state index in [0.29, 0.717) is 22.8 Å². The second kappa shape index (κ2) is 17.8. The second-order valence-electron chi connectivity index (χ2n) is 17.1. The zero-order valence-electron chi connectivity index (χ0n) is 37.5. The minimum absolute atomic E-state index is 0.418. The van der Waals surface area contributed by atoms with Crippen molar-refractivity contribution in [3.63, 3.8) is 0 Å². The third-order valence-corrected chi connectivity index (χ3v) is 13.1. The highest BCUT2D eigenvalue weighted by Crippen LogP contribution is 2.56. The highest BCUT2D eigenvalue weighted by atomic mass is 15.0. The predicted molar refractivity (Wildman–Crippen MR) is 285 cm³/mol. The zero-order chi connectivity index (χ0) is 46.1. The fraction of sp³-hybridized carbons (Fsp3) is 0. The Labute approximate surface area is 401 Å². The molecule has 0 bridgehead atoms. The van der Waals surface area contributed by atoms with Gasteiger partial charge in [-0.25, -0.2) is 9.97 Å². The van der Waals surface area contributed by atoms with Crippen LogP contribution in [-0.2, 0) is 0 Å². The van der Waals surface area contributed by atoms with E-state index in [1.807, 2.05) is 60.7 Å². The molecular weight excluding hydrogens is 837 g/mol. The summed E-state index contributed by atoms with van der Waals surface area (Å²) in [5.74, 6) is 0.515. The predicted octanol–water partition coefficient (Wildman–Crippen LogP) is 16.8. The molecule has 2 heterocycles. The van der Waals surface area contributed by atoms with Crippen molar-refractivity contribution >= 4 is 21.8 Å². The maximum Gasteiger partial charge on any atom is 0.161 e. The number of para-hydroxylation sites is 2. The molecule has 0 N–H and O–H groups in total. The Morgan fingerprint density at radius 3 is 0.928 bits per heavy atom. The van der Waals surface area contributed by atoms with Crippen LogP contribution in [0.2, 0.25) is 0 Å². The summed E-state index contributed by atoms with van der Waals surface area (Å²) in [4.78, 5) is 11.2. The molecule has 69 heavy (non-hydrogen) atoms. The molecule has 0 saturated carbocycles. The Balaban J connectivity index is 1.29.